The summed E-state index contributed by atoms with van der Waals surface area (Å²) in [6, 6.07) is 16.8. The number of aromatic nitrogens is 1. The van der Waals surface area contributed by atoms with Gasteiger partial charge < -0.3 is 10.6 Å². The number of anilines is 3. The number of pyridine rings is 1. The number of hydrogen-bond donors (Lipinski definition) is 2. The van der Waals surface area contributed by atoms with Gasteiger partial charge in [-0.15, -0.1) is 0 Å². The molecule has 0 unspecified atom stereocenters. The van der Waals surface area contributed by atoms with Crippen molar-refractivity contribution in [2.45, 2.75) is 6.92 Å². The van der Waals surface area contributed by atoms with Gasteiger partial charge in [0.25, 0.3) is 5.91 Å². The zero-order valence-corrected chi connectivity index (χ0v) is 13.8. The maximum absolute atomic E-state index is 12.3. The molecule has 0 aliphatic carbocycles. The Morgan fingerprint density at radius 1 is 0.958 bits per heavy atom. The summed E-state index contributed by atoms with van der Waals surface area (Å²) in [4.78, 5) is 16.4. The molecular weight excluding hydrogens is 322 g/mol. The second-order valence-electron chi connectivity index (χ2n) is 5.37. The van der Waals surface area contributed by atoms with Gasteiger partial charge in [0.2, 0.25) is 0 Å². The molecule has 0 saturated carbocycles. The lowest BCUT2D eigenvalue weighted by Gasteiger charge is -2.09. The van der Waals surface area contributed by atoms with Crippen molar-refractivity contribution in [2.75, 3.05) is 10.6 Å². The third kappa shape index (κ3) is 3.91. The lowest BCUT2D eigenvalue weighted by atomic mass is 10.2. The van der Waals surface area contributed by atoms with Crippen LogP contribution >= 0.6 is 11.6 Å². The van der Waals surface area contributed by atoms with Crippen molar-refractivity contribution in [2.24, 2.45) is 0 Å². The Kier molecular flexibility index (Phi) is 4.77. The highest BCUT2D eigenvalue weighted by molar-refractivity contribution is 6.31. The average Bonchev–Trinajstić information content (AvgIpc) is 2.59. The highest BCUT2D eigenvalue weighted by Crippen LogP contribution is 2.23. The minimum atomic E-state index is -0.209. The molecule has 0 aliphatic rings. The fraction of sp³-hybridized carbons (Fsp3) is 0.0526. The number of carbonyl (C=O) groups excluding carboxylic acids is 1. The molecular formula is C19H16ClN3O. The lowest BCUT2D eigenvalue weighted by Crippen LogP contribution is -2.12. The maximum Gasteiger partial charge on any atom is 0.257 e. The van der Waals surface area contributed by atoms with Crippen LogP contribution in [0, 0.1) is 6.92 Å². The van der Waals surface area contributed by atoms with E-state index in [1.807, 2.05) is 55.5 Å². The summed E-state index contributed by atoms with van der Waals surface area (Å²) in [6.07, 6.45) is 3.19. The molecule has 0 saturated heterocycles. The lowest BCUT2D eigenvalue weighted by molar-refractivity contribution is 0.102. The van der Waals surface area contributed by atoms with Crippen LogP contribution in [-0.2, 0) is 0 Å². The maximum atomic E-state index is 12.3. The molecule has 120 valence electrons. The first-order chi connectivity index (χ1) is 11.6. The van der Waals surface area contributed by atoms with Gasteiger partial charge in [-0.2, -0.15) is 0 Å². The van der Waals surface area contributed by atoms with Crippen molar-refractivity contribution >= 4 is 34.6 Å². The fourth-order valence-corrected chi connectivity index (χ4v) is 2.38. The van der Waals surface area contributed by atoms with Gasteiger partial charge in [0.05, 0.1) is 17.4 Å². The molecule has 0 radical (unpaired) electrons. The Morgan fingerprint density at radius 3 is 2.50 bits per heavy atom. The molecule has 0 aliphatic heterocycles. The monoisotopic (exact) mass is 337 g/mol. The summed E-state index contributed by atoms with van der Waals surface area (Å²) in [6.45, 7) is 1.95. The summed E-state index contributed by atoms with van der Waals surface area (Å²) in [7, 11) is 0. The highest BCUT2D eigenvalue weighted by Gasteiger charge is 2.08. The Balaban J connectivity index is 1.76. The first-order valence-corrected chi connectivity index (χ1v) is 7.84. The average molecular weight is 338 g/mol. The van der Waals surface area contributed by atoms with Gasteiger partial charge in [-0.25, -0.2) is 0 Å². The Morgan fingerprint density at radius 2 is 1.75 bits per heavy atom. The van der Waals surface area contributed by atoms with Gasteiger partial charge in [0, 0.05) is 22.6 Å². The van der Waals surface area contributed by atoms with Crippen molar-refractivity contribution in [1.82, 2.24) is 4.98 Å². The topological polar surface area (TPSA) is 54.0 Å². The van der Waals surface area contributed by atoms with E-state index in [0.29, 0.717) is 10.6 Å². The van der Waals surface area contributed by atoms with Crippen LogP contribution in [0.2, 0.25) is 5.02 Å². The molecule has 3 rings (SSSR count). The first-order valence-electron chi connectivity index (χ1n) is 7.46. The van der Waals surface area contributed by atoms with Crippen LogP contribution in [0.4, 0.5) is 17.1 Å². The highest BCUT2D eigenvalue weighted by atomic mass is 35.5. The number of amides is 1. The SMILES string of the molecule is Cc1ccc(Nc2cncc(C(=O)Nc3ccccc3)c2)cc1Cl. The van der Waals surface area contributed by atoms with Crippen LogP contribution in [0.3, 0.4) is 0 Å². The molecule has 2 N–H and O–H groups in total. The largest absolute Gasteiger partial charge is 0.354 e. The summed E-state index contributed by atoms with van der Waals surface area (Å²) in [5, 5.41) is 6.73. The van der Waals surface area contributed by atoms with Crippen LogP contribution in [0.15, 0.2) is 67.0 Å². The second-order valence-corrected chi connectivity index (χ2v) is 5.78. The van der Waals surface area contributed by atoms with Crippen LogP contribution < -0.4 is 10.6 Å². The van der Waals surface area contributed by atoms with Crippen molar-refractivity contribution in [3.63, 3.8) is 0 Å². The first kappa shape index (κ1) is 16.0. The number of rotatable bonds is 4. The van der Waals surface area contributed by atoms with Crippen LogP contribution in [-0.4, -0.2) is 10.9 Å². The standard InChI is InChI=1S/C19H16ClN3O/c1-13-7-8-16(10-18(13)20)22-17-9-14(11-21-12-17)19(24)23-15-5-3-2-4-6-15/h2-12,22H,1H3,(H,23,24). The number of nitrogens with zero attached hydrogens (tertiary/aromatic N) is 1. The van der Waals surface area contributed by atoms with E-state index < -0.39 is 0 Å². The number of benzene rings is 2. The molecule has 4 nitrogen and oxygen atoms in total. The predicted octanol–water partition coefficient (Wildman–Crippen LogP) is 5.04. The molecule has 3 aromatic rings. The summed E-state index contributed by atoms with van der Waals surface area (Å²) >= 11 is 6.13. The normalized spacial score (nSPS) is 10.2. The molecule has 1 heterocycles. The van der Waals surface area contributed by atoms with Gasteiger partial charge in [-0.3, -0.25) is 9.78 Å². The van der Waals surface area contributed by atoms with Gasteiger partial charge >= 0.3 is 0 Å². The molecule has 24 heavy (non-hydrogen) atoms. The molecule has 0 spiro atoms. The Labute approximate surface area is 145 Å². The molecule has 2 aromatic carbocycles. The third-order valence-electron chi connectivity index (χ3n) is 3.49. The quantitative estimate of drug-likeness (QED) is 0.701. The van der Waals surface area contributed by atoms with E-state index in [-0.39, 0.29) is 5.91 Å². The minimum absolute atomic E-state index is 0.209. The van der Waals surface area contributed by atoms with E-state index in [4.69, 9.17) is 11.6 Å². The molecule has 0 atom stereocenters. The number of para-hydroxylation sites is 1. The number of halogens is 1. The number of hydrogen-bond acceptors (Lipinski definition) is 3. The zero-order chi connectivity index (χ0) is 16.9. The Hall–Kier alpha value is -2.85. The van der Waals surface area contributed by atoms with Crippen molar-refractivity contribution in [3.05, 3.63) is 83.1 Å². The van der Waals surface area contributed by atoms with Crippen LogP contribution in [0.25, 0.3) is 0 Å². The van der Waals surface area contributed by atoms with E-state index in [9.17, 15) is 4.79 Å². The molecule has 1 amide bonds. The number of nitrogens with one attached hydrogen (secondary N) is 2. The Bertz CT molecular complexity index is 865. The van der Waals surface area contributed by atoms with Crippen molar-refractivity contribution in [3.8, 4) is 0 Å². The van der Waals surface area contributed by atoms with E-state index in [2.05, 4.69) is 15.6 Å². The predicted molar refractivity (Wildman–Crippen MR) is 98.1 cm³/mol. The second kappa shape index (κ2) is 7.15. The molecule has 0 bridgehead atoms. The molecule has 5 heteroatoms. The number of aryl methyl sites for hydroxylation is 1. The van der Waals surface area contributed by atoms with Crippen molar-refractivity contribution in [1.29, 1.82) is 0 Å². The van der Waals surface area contributed by atoms with Crippen LogP contribution in [0.5, 0.6) is 0 Å². The minimum Gasteiger partial charge on any atom is -0.354 e. The fourth-order valence-electron chi connectivity index (χ4n) is 2.19. The summed E-state index contributed by atoms with van der Waals surface area (Å²) in [5.74, 6) is -0.209. The van der Waals surface area contributed by atoms with Crippen molar-refractivity contribution < 1.29 is 4.79 Å². The van der Waals surface area contributed by atoms with Gasteiger partial charge in [0.1, 0.15) is 0 Å². The smallest absolute Gasteiger partial charge is 0.257 e. The van der Waals surface area contributed by atoms with Gasteiger partial charge in [-0.1, -0.05) is 35.9 Å². The molecule has 0 fully saturated rings. The zero-order valence-electron chi connectivity index (χ0n) is 13.1. The van der Waals surface area contributed by atoms with E-state index in [1.54, 1.807) is 12.3 Å². The van der Waals surface area contributed by atoms with E-state index >= 15 is 0 Å². The van der Waals surface area contributed by atoms with Gasteiger partial charge in [0.15, 0.2) is 0 Å². The third-order valence-corrected chi connectivity index (χ3v) is 3.90. The van der Waals surface area contributed by atoms with Gasteiger partial charge in [-0.05, 0) is 42.8 Å². The summed E-state index contributed by atoms with van der Waals surface area (Å²) in [5.41, 5.74) is 3.79. The molecule has 1 aromatic heterocycles. The van der Waals surface area contributed by atoms with E-state index in [0.717, 1.165) is 22.6 Å². The van der Waals surface area contributed by atoms with Crippen LogP contribution in [0.1, 0.15) is 15.9 Å². The summed E-state index contributed by atoms with van der Waals surface area (Å²) < 4.78 is 0. The van der Waals surface area contributed by atoms with E-state index in [1.165, 1.54) is 6.20 Å². The number of carbonyl (C=O) groups is 1.